The SMILES string of the molecule is COc1cc(N2[C@@H]3CC[C@]2(C(=O)C(F)F)C(=O)N(CCCc2ccccc2)C3)cc(OC)c1OC. The number of likely N-dealkylation sites (tertiary alicyclic amines) is 1. The third-order valence-electron chi connectivity index (χ3n) is 6.96. The molecule has 9 heteroatoms. The Morgan fingerprint density at radius 3 is 2.31 bits per heavy atom. The van der Waals surface area contributed by atoms with E-state index in [1.165, 1.54) is 21.3 Å². The van der Waals surface area contributed by atoms with E-state index in [2.05, 4.69) is 0 Å². The number of carbonyl (C=O) groups excluding carboxylic acids is 2. The van der Waals surface area contributed by atoms with Gasteiger partial charge >= 0.3 is 0 Å². The molecular weight excluding hydrogens is 458 g/mol. The number of piperazine rings is 1. The number of hydrogen-bond acceptors (Lipinski definition) is 6. The predicted octanol–water partition coefficient (Wildman–Crippen LogP) is 3.73. The van der Waals surface area contributed by atoms with Gasteiger partial charge in [-0.25, -0.2) is 8.78 Å². The molecule has 2 fully saturated rings. The fourth-order valence-electron chi connectivity index (χ4n) is 5.40. The Labute approximate surface area is 203 Å². The van der Waals surface area contributed by atoms with Gasteiger partial charge in [-0.15, -0.1) is 0 Å². The fourth-order valence-corrected chi connectivity index (χ4v) is 5.40. The molecule has 2 aliphatic heterocycles. The summed E-state index contributed by atoms with van der Waals surface area (Å²) in [4.78, 5) is 29.9. The van der Waals surface area contributed by atoms with Crippen molar-refractivity contribution in [2.24, 2.45) is 0 Å². The zero-order valence-electron chi connectivity index (χ0n) is 20.1. The Kier molecular flexibility index (Phi) is 7.14. The molecule has 0 unspecified atom stereocenters. The number of amides is 1. The van der Waals surface area contributed by atoms with Gasteiger partial charge in [0.1, 0.15) is 0 Å². The topological polar surface area (TPSA) is 68.3 Å². The van der Waals surface area contributed by atoms with Crippen LogP contribution in [0.4, 0.5) is 14.5 Å². The Morgan fingerprint density at radius 2 is 1.74 bits per heavy atom. The van der Waals surface area contributed by atoms with E-state index >= 15 is 0 Å². The first-order chi connectivity index (χ1) is 16.9. The van der Waals surface area contributed by atoms with E-state index in [-0.39, 0.29) is 12.5 Å². The molecule has 35 heavy (non-hydrogen) atoms. The second kappa shape index (κ2) is 10.1. The average molecular weight is 489 g/mol. The summed E-state index contributed by atoms with van der Waals surface area (Å²) in [5.74, 6) is -0.964. The van der Waals surface area contributed by atoms with Crippen LogP contribution in [0.3, 0.4) is 0 Å². The highest BCUT2D eigenvalue weighted by molar-refractivity contribution is 6.16. The summed E-state index contributed by atoms with van der Waals surface area (Å²) in [6, 6.07) is 12.8. The molecule has 0 radical (unpaired) electrons. The third-order valence-corrected chi connectivity index (χ3v) is 6.96. The molecule has 1 amide bonds. The molecule has 0 aromatic heterocycles. The van der Waals surface area contributed by atoms with Crippen molar-refractivity contribution in [3.05, 3.63) is 48.0 Å². The molecule has 0 aliphatic carbocycles. The maximum atomic E-state index is 13.9. The van der Waals surface area contributed by atoms with E-state index in [0.29, 0.717) is 48.9 Å². The highest BCUT2D eigenvalue weighted by Crippen LogP contribution is 2.49. The molecule has 0 saturated carbocycles. The van der Waals surface area contributed by atoms with Crippen molar-refractivity contribution < 1.29 is 32.6 Å². The Hall–Kier alpha value is -3.36. The highest BCUT2D eigenvalue weighted by Gasteiger charge is 2.63. The second-order valence-corrected chi connectivity index (χ2v) is 8.81. The Morgan fingerprint density at radius 1 is 1.09 bits per heavy atom. The van der Waals surface area contributed by atoms with Crippen LogP contribution in [0, 0.1) is 0 Å². The van der Waals surface area contributed by atoms with Crippen LogP contribution in [0.15, 0.2) is 42.5 Å². The summed E-state index contributed by atoms with van der Waals surface area (Å²) >= 11 is 0. The lowest BCUT2D eigenvalue weighted by Gasteiger charge is -2.48. The summed E-state index contributed by atoms with van der Waals surface area (Å²) in [5.41, 5.74) is -0.417. The smallest absolute Gasteiger partial charge is 0.298 e. The summed E-state index contributed by atoms with van der Waals surface area (Å²) in [5, 5.41) is 0. The van der Waals surface area contributed by atoms with Crippen molar-refractivity contribution >= 4 is 17.4 Å². The lowest BCUT2D eigenvalue weighted by molar-refractivity contribution is -0.149. The molecular formula is C26H30F2N2O5. The first kappa shape index (κ1) is 24.8. The predicted molar refractivity (Wildman–Crippen MR) is 127 cm³/mol. The number of Topliss-reactive ketones (excluding diaryl/α,β-unsaturated/α-hetero) is 1. The highest BCUT2D eigenvalue weighted by atomic mass is 19.3. The fraction of sp³-hybridized carbons (Fsp3) is 0.462. The van der Waals surface area contributed by atoms with Crippen LogP contribution in [-0.2, 0) is 16.0 Å². The number of fused-ring (bicyclic) bond motifs is 2. The number of anilines is 1. The lowest BCUT2D eigenvalue weighted by atomic mass is 9.87. The zero-order chi connectivity index (χ0) is 25.2. The van der Waals surface area contributed by atoms with Gasteiger partial charge in [-0.1, -0.05) is 30.3 Å². The van der Waals surface area contributed by atoms with Gasteiger partial charge in [0.2, 0.25) is 11.5 Å². The molecule has 4 rings (SSSR count). The Bertz CT molecular complexity index is 1060. The first-order valence-corrected chi connectivity index (χ1v) is 11.6. The number of nitrogens with zero attached hydrogens (tertiary/aromatic N) is 2. The van der Waals surface area contributed by atoms with E-state index in [4.69, 9.17) is 14.2 Å². The number of aryl methyl sites for hydroxylation is 1. The van der Waals surface area contributed by atoms with Gasteiger partial charge in [0.05, 0.1) is 21.3 Å². The van der Waals surface area contributed by atoms with Crippen LogP contribution in [0.25, 0.3) is 0 Å². The van der Waals surface area contributed by atoms with Gasteiger partial charge in [-0.2, -0.15) is 0 Å². The number of methoxy groups -OCH3 is 3. The summed E-state index contributed by atoms with van der Waals surface area (Å²) < 4.78 is 44.1. The van der Waals surface area contributed by atoms with E-state index < -0.39 is 23.7 Å². The van der Waals surface area contributed by atoms with Gasteiger partial charge in [-0.05, 0) is 31.2 Å². The molecule has 0 N–H and O–H groups in total. The van der Waals surface area contributed by atoms with E-state index in [1.54, 1.807) is 21.9 Å². The van der Waals surface area contributed by atoms with Gasteiger partial charge < -0.3 is 24.0 Å². The molecule has 2 aromatic carbocycles. The van der Waals surface area contributed by atoms with Crippen molar-refractivity contribution in [3.63, 3.8) is 0 Å². The number of rotatable bonds is 10. The summed E-state index contributed by atoms with van der Waals surface area (Å²) in [7, 11) is 4.36. The molecule has 188 valence electrons. The lowest BCUT2D eigenvalue weighted by Crippen LogP contribution is -2.70. The average Bonchev–Trinajstić information content (AvgIpc) is 3.19. The van der Waals surface area contributed by atoms with Crippen molar-refractivity contribution in [3.8, 4) is 17.2 Å². The maximum Gasteiger partial charge on any atom is 0.298 e. The normalized spacial score (nSPS) is 21.4. The minimum atomic E-state index is -3.27. The van der Waals surface area contributed by atoms with Gasteiger partial charge in [0.25, 0.3) is 12.3 Å². The molecule has 7 nitrogen and oxygen atoms in total. The van der Waals surface area contributed by atoms with Crippen LogP contribution in [0.5, 0.6) is 17.2 Å². The molecule has 2 aromatic rings. The van der Waals surface area contributed by atoms with Gasteiger partial charge in [0.15, 0.2) is 17.0 Å². The largest absolute Gasteiger partial charge is 0.493 e. The number of alkyl halides is 2. The summed E-state index contributed by atoms with van der Waals surface area (Å²) in [6.07, 6.45) is -1.37. The minimum absolute atomic E-state index is 0.0333. The van der Waals surface area contributed by atoms with E-state index in [0.717, 1.165) is 12.0 Å². The van der Waals surface area contributed by atoms with Crippen LogP contribution in [0.2, 0.25) is 0 Å². The molecule has 2 aliphatic rings. The first-order valence-electron chi connectivity index (χ1n) is 11.6. The van der Waals surface area contributed by atoms with E-state index in [1.807, 2.05) is 30.3 Å². The Balaban J connectivity index is 1.68. The van der Waals surface area contributed by atoms with Crippen LogP contribution < -0.4 is 19.1 Å². The van der Waals surface area contributed by atoms with Crippen molar-refractivity contribution in [2.45, 2.75) is 43.7 Å². The number of carbonyl (C=O) groups is 2. The van der Waals surface area contributed by atoms with Crippen molar-refractivity contribution in [1.82, 2.24) is 4.90 Å². The standard InChI is InChI=1S/C26H30F2N2O5/c1-33-20-14-19(15-21(34-2)22(20)35-3)30-18-11-12-26(30,23(31)24(27)28)25(32)29(16-18)13-7-10-17-8-5-4-6-9-17/h4-6,8-9,14-15,18,24H,7,10-13,16H2,1-3H3/t18-,26+/m1/s1. The van der Waals surface area contributed by atoms with Gasteiger partial charge in [-0.3, -0.25) is 9.59 Å². The van der Waals surface area contributed by atoms with Crippen LogP contribution in [-0.4, -0.2) is 69.0 Å². The second-order valence-electron chi connectivity index (χ2n) is 8.81. The zero-order valence-corrected chi connectivity index (χ0v) is 20.1. The van der Waals surface area contributed by atoms with E-state index in [9.17, 15) is 18.4 Å². The number of ether oxygens (including phenoxy) is 3. The van der Waals surface area contributed by atoms with Crippen LogP contribution >= 0.6 is 0 Å². The quantitative estimate of drug-likeness (QED) is 0.475. The molecule has 2 bridgehead atoms. The number of hydrogen-bond donors (Lipinski definition) is 0. The van der Waals surface area contributed by atoms with Gasteiger partial charge in [0, 0.05) is 37.0 Å². The monoisotopic (exact) mass is 488 g/mol. The summed E-state index contributed by atoms with van der Waals surface area (Å²) in [6.45, 7) is 0.744. The third kappa shape index (κ3) is 4.28. The molecule has 2 heterocycles. The molecule has 2 atom stereocenters. The van der Waals surface area contributed by atoms with Crippen molar-refractivity contribution in [1.29, 1.82) is 0 Å². The minimum Gasteiger partial charge on any atom is -0.493 e. The maximum absolute atomic E-state index is 13.9. The van der Waals surface area contributed by atoms with Crippen molar-refractivity contribution in [2.75, 3.05) is 39.3 Å². The molecule has 2 saturated heterocycles. The number of halogens is 2. The number of ketones is 1. The number of benzene rings is 2. The molecule has 0 spiro atoms. The van der Waals surface area contributed by atoms with Crippen LogP contribution in [0.1, 0.15) is 24.8 Å².